The van der Waals surface area contributed by atoms with Crippen molar-refractivity contribution in [3.8, 4) is 23.3 Å². The molecule has 148 valence electrons. The lowest BCUT2D eigenvalue weighted by Crippen LogP contribution is -2.49. The lowest BCUT2D eigenvalue weighted by molar-refractivity contribution is -0.120. The first kappa shape index (κ1) is 19.3. The van der Waals surface area contributed by atoms with Crippen LogP contribution in [0.5, 0.6) is 0 Å². The molecule has 1 saturated carbocycles. The molecule has 1 aliphatic carbocycles. The number of hydrogen-bond acceptors (Lipinski definition) is 6. The van der Waals surface area contributed by atoms with Crippen LogP contribution in [0.3, 0.4) is 0 Å². The number of thioether (sulfide) groups is 1. The van der Waals surface area contributed by atoms with Gasteiger partial charge in [-0.15, -0.1) is 10.2 Å². The van der Waals surface area contributed by atoms with Crippen LogP contribution in [0.25, 0.3) is 17.3 Å². The zero-order valence-electron chi connectivity index (χ0n) is 15.9. The molecule has 29 heavy (non-hydrogen) atoms. The first-order valence-electron chi connectivity index (χ1n) is 9.61. The second-order valence-electron chi connectivity index (χ2n) is 7.05. The van der Waals surface area contributed by atoms with E-state index in [2.05, 4.69) is 21.6 Å². The van der Waals surface area contributed by atoms with Gasteiger partial charge < -0.3 is 9.73 Å². The molecule has 0 atom stereocenters. The van der Waals surface area contributed by atoms with E-state index in [1.54, 1.807) is 12.3 Å². The van der Waals surface area contributed by atoms with Crippen molar-refractivity contribution < 1.29 is 9.21 Å². The highest BCUT2D eigenvalue weighted by atomic mass is 32.2. The molecule has 7 nitrogen and oxygen atoms in total. The Morgan fingerprint density at radius 1 is 1.17 bits per heavy atom. The second kappa shape index (κ2) is 8.53. The first-order chi connectivity index (χ1) is 14.2. The molecule has 8 heteroatoms. The lowest BCUT2D eigenvalue weighted by atomic mass is 9.83. The van der Waals surface area contributed by atoms with Crippen LogP contribution in [0.15, 0.2) is 58.3 Å². The van der Waals surface area contributed by atoms with E-state index in [1.165, 1.54) is 11.8 Å². The smallest absolute Gasteiger partial charge is 0.231 e. The van der Waals surface area contributed by atoms with Crippen LogP contribution in [0.1, 0.15) is 32.1 Å². The Hall–Kier alpha value is -3.05. The van der Waals surface area contributed by atoms with Crippen molar-refractivity contribution in [2.24, 2.45) is 0 Å². The van der Waals surface area contributed by atoms with Gasteiger partial charge in [0.15, 0.2) is 10.9 Å². The van der Waals surface area contributed by atoms with Crippen molar-refractivity contribution in [2.45, 2.75) is 42.8 Å². The molecule has 1 amide bonds. The quantitative estimate of drug-likeness (QED) is 0.621. The van der Waals surface area contributed by atoms with E-state index in [0.717, 1.165) is 24.9 Å². The van der Waals surface area contributed by atoms with Gasteiger partial charge in [0.1, 0.15) is 5.54 Å². The fourth-order valence-corrected chi connectivity index (χ4v) is 4.34. The third kappa shape index (κ3) is 4.20. The number of aromatic nitrogens is 3. The maximum absolute atomic E-state index is 12.6. The van der Waals surface area contributed by atoms with E-state index in [1.807, 2.05) is 41.0 Å². The van der Waals surface area contributed by atoms with Crippen molar-refractivity contribution in [3.05, 3.63) is 48.7 Å². The molecule has 0 aliphatic heterocycles. The van der Waals surface area contributed by atoms with Gasteiger partial charge in [-0.25, -0.2) is 0 Å². The van der Waals surface area contributed by atoms with Crippen molar-refractivity contribution in [2.75, 3.05) is 5.75 Å². The molecule has 0 unspecified atom stereocenters. The zero-order chi connectivity index (χ0) is 20.1. The lowest BCUT2D eigenvalue weighted by Gasteiger charge is -2.31. The van der Waals surface area contributed by atoms with Gasteiger partial charge in [0.2, 0.25) is 11.7 Å². The number of carbonyl (C=O) groups excluding carboxylic acids is 1. The SMILES string of the molecule is N#CC1(NC(=O)CSc2nnc(-c3ccco3)n2-c2ccccc2)CCCCC1. The predicted octanol–water partition coefficient (Wildman–Crippen LogP) is 3.96. The number of carbonyl (C=O) groups is 1. The average Bonchev–Trinajstić information content (AvgIpc) is 3.43. The summed E-state index contributed by atoms with van der Waals surface area (Å²) >= 11 is 1.29. The monoisotopic (exact) mass is 407 g/mol. The number of amides is 1. The molecular weight excluding hydrogens is 386 g/mol. The van der Waals surface area contributed by atoms with Gasteiger partial charge >= 0.3 is 0 Å². The summed E-state index contributed by atoms with van der Waals surface area (Å²) in [6.45, 7) is 0. The van der Waals surface area contributed by atoms with E-state index in [-0.39, 0.29) is 11.7 Å². The minimum absolute atomic E-state index is 0.159. The Morgan fingerprint density at radius 2 is 1.97 bits per heavy atom. The third-order valence-electron chi connectivity index (χ3n) is 5.02. The van der Waals surface area contributed by atoms with Crippen LogP contribution < -0.4 is 5.32 Å². The van der Waals surface area contributed by atoms with Gasteiger partial charge in [-0.2, -0.15) is 5.26 Å². The molecule has 1 N–H and O–H groups in total. The van der Waals surface area contributed by atoms with Gasteiger partial charge in [-0.1, -0.05) is 49.2 Å². The molecule has 0 bridgehead atoms. The minimum Gasteiger partial charge on any atom is -0.461 e. The van der Waals surface area contributed by atoms with Crippen LogP contribution >= 0.6 is 11.8 Å². The summed E-state index contributed by atoms with van der Waals surface area (Å²) in [6.07, 6.45) is 6.06. The Labute approximate surface area is 173 Å². The van der Waals surface area contributed by atoms with Gasteiger partial charge in [0.05, 0.1) is 18.1 Å². The van der Waals surface area contributed by atoms with Crippen LogP contribution in [0.2, 0.25) is 0 Å². The summed E-state index contributed by atoms with van der Waals surface area (Å²) in [5.41, 5.74) is 0.148. The maximum Gasteiger partial charge on any atom is 0.231 e. The number of hydrogen-bond donors (Lipinski definition) is 1. The Bertz CT molecular complexity index is 1000. The Kier molecular flexibility index (Phi) is 5.67. The predicted molar refractivity (Wildman–Crippen MR) is 109 cm³/mol. The number of nitrogens with one attached hydrogen (secondary N) is 1. The zero-order valence-corrected chi connectivity index (χ0v) is 16.7. The summed E-state index contributed by atoms with van der Waals surface area (Å²) in [5, 5.41) is 21.7. The summed E-state index contributed by atoms with van der Waals surface area (Å²) in [6, 6.07) is 15.6. The van der Waals surface area contributed by atoms with Gasteiger partial charge in [-0.3, -0.25) is 9.36 Å². The highest BCUT2D eigenvalue weighted by Crippen LogP contribution is 2.30. The van der Waals surface area contributed by atoms with E-state index < -0.39 is 5.54 Å². The molecule has 2 aromatic heterocycles. The van der Waals surface area contributed by atoms with Gasteiger partial charge in [0.25, 0.3) is 0 Å². The minimum atomic E-state index is -0.734. The molecule has 0 radical (unpaired) electrons. The molecule has 0 spiro atoms. The third-order valence-corrected chi connectivity index (χ3v) is 5.95. The van der Waals surface area contributed by atoms with E-state index in [9.17, 15) is 10.1 Å². The van der Waals surface area contributed by atoms with Crippen molar-refractivity contribution in [1.29, 1.82) is 5.26 Å². The highest BCUT2D eigenvalue weighted by Gasteiger charge is 2.33. The molecule has 4 rings (SSSR count). The largest absolute Gasteiger partial charge is 0.461 e. The number of furan rings is 1. The van der Waals surface area contributed by atoms with Crippen LogP contribution in [0.4, 0.5) is 0 Å². The second-order valence-corrected chi connectivity index (χ2v) is 7.99. The highest BCUT2D eigenvalue weighted by molar-refractivity contribution is 7.99. The fourth-order valence-electron chi connectivity index (χ4n) is 3.59. The Balaban J connectivity index is 1.53. The summed E-state index contributed by atoms with van der Waals surface area (Å²) in [4.78, 5) is 12.6. The first-order valence-corrected chi connectivity index (χ1v) is 10.6. The molecule has 1 aromatic carbocycles. The van der Waals surface area contributed by atoms with E-state index >= 15 is 0 Å². The number of nitriles is 1. The summed E-state index contributed by atoms with van der Waals surface area (Å²) in [7, 11) is 0. The van der Waals surface area contributed by atoms with Crippen molar-refractivity contribution >= 4 is 17.7 Å². The molecular formula is C21H21N5O2S. The number of nitrogens with zero attached hydrogens (tertiary/aromatic N) is 4. The standard InChI is InChI=1S/C21H21N5O2S/c22-15-21(11-5-2-6-12-21)23-18(27)14-29-20-25-24-19(17-10-7-13-28-17)26(20)16-8-3-1-4-9-16/h1,3-4,7-10,13H,2,5-6,11-12,14H2,(H,23,27). The van der Waals surface area contributed by atoms with Crippen LogP contribution in [-0.4, -0.2) is 32.0 Å². The van der Waals surface area contributed by atoms with Crippen LogP contribution in [0, 0.1) is 11.3 Å². The number of para-hydroxylation sites is 1. The van der Waals surface area contributed by atoms with Gasteiger partial charge in [-0.05, 0) is 37.1 Å². The number of rotatable bonds is 6. The normalized spacial score (nSPS) is 15.6. The van der Waals surface area contributed by atoms with Crippen LogP contribution in [-0.2, 0) is 4.79 Å². The van der Waals surface area contributed by atoms with E-state index in [4.69, 9.17) is 4.42 Å². The molecule has 1 fully saturated rings. The summed E-state index contributed by atoms with van der Waals surface area (Å²) in [5.74, 6) is 1.17. The summed E-state index contributed by atoms with van der Waals surface area (Å²) < 4.78 is 7.37. The molecule has 3 aromatic rings. The fraction of sp³-hybridized carbons (Fsp3) is 0.333. The van der Waals surface area contributed by atoms with Crippen molar-refractivity contribution in [3.63, 3.8) is 0 Å². The number of benzene rings is 1. The van der Waals surface area contributed by atoms with Crippen molar-refractivity contribution in [1.82, 2.24) is 20.1 Å². The molecule has 0 saturated heterocycles. The molecule has 1 aliphatic rings. The van der Waals surface area contributed by atoms with Gasteiger partial charge in [0, 0.05) is 5.69 Å². The topological polar surface area (TPSA) is 96.7 Å². The molecule has 2 heterocycles. The maximum atomic E-state index is 12.6. The average molecular weight is 407 g/mol. The Morgan fingerprint density at radius 3 is 2.66 bits per heavy atom. The van der Waals surface area contributed by atoms with E-state index in [0.29, 0.717) is 29.6 Å².